The monoisotopic (exact) mass is 619 g/mol. The smallest absolute Gasteiger partial charge is 0.0991 e. The van der Waals surface area contributed by atoms with Crippen LogP contribution in [0.4, 0.5) is 0 Å². The average molecular weight is 621 g/mol. The maximum atomic E-state index is 9.21. The maximum Gasteiger partial charge on any atom is 0.0991 e. The molecule has 0 N–H and O–H groups in total. The van der Waals surface area contributed by atoms with Crippen molar-refractivity contribution in [2.75, 3.05) is 0 Å². The van der Waals surface area contributed by atoms with Gasteiger partial charge in [0.1, 0.15) is 0 Å². The molecule has 0 bridgehead atoms. The standard InChI is InChI=1S/C34H23Br2NO/c1-2-3-32(26-16-27(35)18-28(36)17-26)38-20-25-11-10-23-8-9-24-12-13-29(22-6-4-21(19-37)5-7-22)31-15-14-30(25)33(23)34(24)31/h2,4-18,32H,1,3,20H2. The number of nitriles is 1. The largest absolute Gasteiger partial charge is 0.369 e. The molecule has 0 heterocycles. The van der Waals surface area contributed by atoms with Gasteiger partial charge < -0.3 is 4.74 Å². The highest BCUT2D eigenvalue weighted by molar-refractivity contribution is 9.11. The molecule has 0 aliphatic heterocycles. The predicted molar refractivity (Wildman–Crippen MR) is 164 cm³/mol. The summed E-state index contributed by atoms with van der Waals surface area (Å²) in [4.78, 5) is 0. The van der Waals surface area contributed by atoms with E-state index in [1.54, 1.807) is 0 Å². The van der Waals surface area contributed by atoms with E-state index < -0.39 is 0 Å². The van der Waals surface area contributed by atoms with Crippen LogP contribution in [0.15, 0.2) is 113 Å². The van der Waals surface area contributed by atoms with E-state index in [9.17, 15) is 5.26 Å². The van der Waals surface area contributed by atoms with Crippen LogP contribution < -0.4 is 0 Å². The molecule has 6 aromatic rings. The molecule has 0 saturated carbocycles. The molecule has 0 aromatic heterocycles. The minimum absolute atomic E-state index is 0.0946. The summed E-state index contributed by atoms with van der Waals surface area (Å²) in [6.07, 6.45) is 2.54. The maximum absolute atomic E-state index is 9.21. The number of hydrogen-bond acceptors (Lipinski definition) is 2. The third-order valence-electron chi connectivity index (χ3n) is 7.16. The first-order valence-electron chi connectivity index (χ1n) is 12.4. The predicted octanol–water partition coefficient (Wildman–Crippen LogP) is 10.5. The van der Waals surface area contributed by atoms with Crippen LogP contribution in [0.25, 0.3) is 43.4 Å². The van der Waals surface area contributed by atoms with Crippen molar-refractivity contribution in [3.8, 4) is 17.2 Å². The Kier molecular flexibility index (Phi) is 6.76. The zero-order valence-corrected chi connectivity index (χ0v) is 23.7. The first-order valence-corrected chi connectivity index (χ1v) is 14.0. The lowest BCUT2D eigenvalue weighted by Gasteiger charge is -2.20. The van der Waals surface area contributed by atoms with Crippen molar-refractivity contribution in [1.29, 1.82) is 5.26 Å². The Bertz CT molecular complexity index is 1830. The molecule has 0 radical (unpaired) electrons. The number of ether oxygens (including phenoxy) is 1. The van der Waals surface area contributed by atoms with Gasteiger partial charge in [-0.2, -0.15) is 5.26 Å². The van der Waals surface area contributed by atoms with Gasteiger partial charge in [0.2, 0.25) is 0 Å². The van der Waals surface area contributed by atoms with Crippen molar-refractivity contribution in [3.63, 3.8) is 0 Å². The van der Waals surface area contributed by atoms with E-state index in [0.717, 1.165) is 26.5 Å². The van der Waals surface area contributed by atoms with E-state index in [1.165, 1.54) is 43.4 Å². The van der Waals surface area contributed by atoms with Crippen LogP contribution in [-0.2, 0) is 11.3 Å². The number of hydrogen-bond donors (Lipinski definition) is 0. The highest BCUT2D eigenvalue weighted by Gasteiger charge is 2.17. The Morgan fingerprint density at radius 3 is 2.11 bits per heavy atom. The zero-order chi connectivity index (χ0) is 26.2. The molecule has 6 aromatic carbocycles. The molecule has 4 heteroatoms. The molecule has 0 aliphatic rings. The summed E-state index contributed by atoms with van der Waals surface area (Å²) < 4.78 is 8.56. The van der Waals surface area contributed by atoms with Crippen LogP contribution in [0.5, 0.6) is 0 Å². The van der Waals surface area contributed by atoms with E-state index in [4.69, 9.17) is 4.74 Å². The van der Waals surface area contributed by atoms with Gasteiger partial charge in [0.25, 0.3) is 0 Å². The Labute approximate surface area is 238 Å². The lowest BCUT2D eigenvalue weighted by atomic mass is 9.88. The van der Waals surface area contributed by atoms with Crippen molar-refractivity contribution in [2.24, 2.45) is 0 Å². The van der Waals surface area contributed by atoms with Gasteiger partial charge in [0.05, 0.1) is 24.3 Å². The fourth-order valence-electron chi connectivity index (χ4n) is 5.37. The molecule has 184 valence electrons. The zero-order valence-electron chi connectivity index (χ0n) is 20.5. The second-order valence-electron chi connectivity index (χ2n) is 9.48. The van der Waals surface area contributed by atoms with Gasteiger partial charge in [-0.3, -0.25) is 0 Å². The molecule has 1 unspecified atom stereocenters. The quantitative estimate of drug-likeness (QED) is 0.131. The molecule has 0 fully saturated rings. The van der Waals surface area contributed by atoms with E-state index >= 15 is 0 Å². The molecule has 2 nitrogen and oxygen atoms in total. The highest BCUT2D eigenvalue weighted by Crippen LogP contribution is 2.41. The van der Waals surface area contributed by atoms with Crippen LogP contribution >= 0.6 is 31.9 Å². The Balaban J connectivity index is 1.44. The van der Waals surface area contributed by atoms with Crippen LogP contribution in [0.3, 0.4) is 0 Å². The Morgan fingerprint density at radius 1 is 0.789 bits per heavy atom. The van der Waals surface area contributed by atoms with Crippen LogP contribution in [0, 0.1) is 11.3 Å². The Hall–Kier alpha value is -3.49. The summed E-state index contributed by atoms with van der Waals surface area (Å²) in [5.74, 6) is 0. The van der Waals surface area contributed by atoms with Crippen molar-refractivity contribution in [2.45, 2.75) is 19.1 Å². The number of benzene rings is 6. The first-order chi connectivity index (χ1) is 18.6. The SMILES string of the molecule is C=CCC(OCc1ccc2ccc3ccc(-c4ccc(C#N)cc4)c4ccc1c2c34)c1cc(Br)cc(Br)c1. The molecule has 6 rings (SSSR count). The third kappa shape index (κ3) is 4.52. The Morgan fingerprint density at radius 2 is 1.42 bits per heavy atom. The van der Waals surface area contributed by atoms with E-state index in [2.05, 4.69) is 105 Å². The summed E-state index contributed by atoms with van der Waals surface area (Å²) in [5.41, 5.74) is 5.22. The summed E-state index contributed by atoms with van der Waals surface area (Å²) in [7, 11) is 0. The molecule has 1 atom stereocenters. The van der Waals surface area contributed by atoms with E-state index in [0.29, 0.717) is 12.2 Å². The second-order valence-corrected chi connectivity index (χ2v) is 11.3. The molecule has 38 heavy (non-hydrogen) atoms. The van der Waals surface area contributed by atoms with Gasteiger partial charge in [-0.15, -0.1) is 6.58 Å². The topological polar surface area (TPSA) is 33.0 Å². The van der Waals surface area contributed by atoms with Crippen molar-refractivity contribution in [3.05, 3.63) is 129 Å². The van der Waals surface area contributed by atoms with Crippen molar-refractivity contribution < 1.29 is 4.74 Å². The summed E-state index contributed by atoms with van der Waals surface area (Å²) in [6, 6.07) is 33.9. The van der Waals surface area contributed by atoms with Crippen LogP contribution in [0.1, 0.15) is 29.2 Å². The van der Waals surface area contributed by atoms with Gasteiger partial charge in [-0.25, -0.2) is 0 Å². The number of nitrogens with zero attached hydrogens (tertiary/aromatic N) is 1. The summed E-state index contributed by atoms with van der Waals surface area (Å²) in [5, 5.41) is 16.6. The van der Waals surface area contributed by atoms with E-state index in [-0.39, 0.29) is 6.10 Å². The fraction of sp³-hybridized carbons (Fsp3) is 0.0882. The van der Waals surface area contributed by atoms with Crippen molar-refractivity contribution in [1.82, 2.24) is 0 Å². The van der Waals surface area contributed by atoms with Gasteiger partial charge in [0, 0.05) is 8.95 Å². The number of halogens is 2. The van der Waals surface area contributed by atoms with Crippen LogP contribution in [0.2, 0.25) is 0 Å². The summed E-state index contributed by atoms with van der Waals surface area (Å²) >= 11 is 7.21. The highest BCUT2D eigenvalue weighted by atomic mass is 79.9. The molecular formula is C34H23Br2NO. The summed E-state index contributed by atoms with van der Waals surface area (Å²) in [6.45, 7) is 4.45. The van der Waals surface area contributed by atoms with Crippen molar-refractivity contribution >= 4 is 64.2 Å². The second kappa shape index (κ2) is 10.3. The molecule has 0 spiro atoms. The van der Waals surface area contributed by atoms with Gasteiger partial charge in [-0.1, -0.05) is 98.6 Å². The third-order valence-corrected chi connectivity index (χ3v) is 8.07. The molecule has 0 amide bonds. The number of rotatable bonds is 7. The fourth-order valence-corrected chi connectivity index (χ4v) is 6.70. The lowest BCUT2D eigenvalue weighted by molar-refractivity contribution is 0.0423. The van der Waals surface area contributed by atoms with Gasteiger partial charge in [-0.05, 0) is 91.3 Å². The van der Waals surface area contributed by atoms with Gasteiger partial charge >= 0.3 is 0 Å². The van der Waals surface area contributed by atoms with Gasteiger partial charge in [0.15, 0.2) is 0 Å². The first kappa shape index (κ1) is 24.8. The average Bonchev–Trinajstić information content (AvgIpc) is 2.93. The van der Waals surface area contributed by atoms with E-state index in [1.807, 2.05) is 36.4 Å². The minimum atomic E-state index is -0.0946. The molecule has 0 saturated heterocycles. The minimum Gasteiger partial charge on any atom is -0.369 e. The van der Waals surface area contributed by atoms with Crippen LogP contribution in [-0.4, -0.2) is 0 Å². The molecule has 0 aliphatic carbocycles. The molecular weight excluding hydrogens is 598 g/mol. The normalized spacial score (nSPS) is 12.2. The lowest BCUT2D eigenvalue weighted by Crippen LogP contribution is -2.05.